The Hall–Kier alpha value is -2.23. The van der Waals surface area contributed by atoms with Crippen LogP contribution in [0.5, 0.6) is 0 Å². The molecule has 0 radical (unpaired) electrons. The lowest BCUT2D eigenvalue weighted by Gasteiger charge is -2.13. The second kappa shape index (κ2) is 4.16. The van der Waals surface area contributed by atoms with Gasteiger partial charge < -0.3 is 0 Å². The van der Waals surface area contributed by atoms with Crippen molar-refractivity contribution >= 4 is 5.78 Å². The molecule has 3 rings (SSSR count). The zero-order chi connectivity index (χ0) is 13.5. The molecule has 0 aromatic carbocycles. The van der Waals surface area contributed by atoms with Crippen molar-refractivity contribution in [3.63, 3.8) is 0 Å². The van der Waals surface area contributed by atoms with Crippen molar-refractivity contribution in [2.24, 2.45) is 0 Å². The largest absolute Gasteiger partial charge is 0.290 e. The highest BCUT2D eigenvalue weighted by Gasteiger charge is 2.18. The minimum Gasteiger partial charge on any atom is -0.290 e. The highest BCUT2D eigenvalue weighted by atomic mass is 15.1. The molecule has 0 saturated carbocycles. The molecule has 4 nitrogen and oxygen atoms in total. The summed E-state index contributed by atoms with van der Waals surface area (Å²) in [5.74, 6) is 0.726. The Morgan fingerprint density at radius 1 is 1.05 bits per heavy atom. The van der Waals surface area contributed by atoms with Gasteiger partial charge in [-0.2, -0.15) is 0 Å². The van der Waals surface area contributed by atoms with E-state index in [1.54, 1.807) is 6.20 Å². The number of hydrogen-bond donors (Lipinski definition) is 0. The van der Waals surface area contributed by atoms with E-state index in [0.717, 1.165) is 22.7 Å². The van der Waals surface area contributed by atoms with Crippen molar-refractivity contribution in [3.8, 4) is 11.3 Å². The topological polar surface area (TPSA) is 43.1 Å². The average Bonchev–Trinajstić information content (AvgIpc) is 2.82. The molecule has 0 amide bonds. The first-order valence-electron chi connectivity index (χ1n) is 6.31. The van der Waals surface area contributed by atoms with Crippen LogP contribution in [0.25, 0.3) is 17.0 Å². The first kappa shape index (κ1) is 11.8. The molecule has 0 bridgehead atoms. The number of imidazole rings is 1. The van der Waals surface area contributed by atoms with Crippen molar-refractivity contribution in [1.29, 1.82) is 0 Å². The standard InChI is InChI=1S/C15H16N4/c1-15(2,3)13-10-19-9-11(8-17-14(19)18-13)12-6-4-5-7-16-12/h4-10H,1-3H3. The zero-order valence-corrected chi connectivity index (χ0v) is 11.3. The van der Waals surface area contributed by atoms with E-state index in [1.807, 2.05) is 41.2 Å². The van der Waals surface area contributed by atoms with Crippen LogP contribution < -0.4 is 0 Å². The van der Waals surface area contributed by atoms with E-state index in [1.165, 1.54) is 0 Å². The van der Waals surface area contributed by atoms with E-state index in [4.69, 9.17) is 0 Å². The summed E-state index contributed by atoms with van der Waals surface area (Å²) in [4.78, 5) is 13.3. The number of rotatable bonds is 1. The van der Waals surface area contributed by atoms with Crippen LogP contribution in [-0.2, 0) is 5.41 Å². The van der Waals surface area contributed by atoms with Crippen LogP contribution in [0.3, 0.4) is 0 Å². The van der Waals surface area contributed by atoms with E-state index in [-0.39, 0.29) is 5.41 Å². The number of nitrogens with zero attached hydrogens (tertiary/aromatic N) is 4. The summed E-state index contributed by atoms with van der Waals surface area (Å²) in [6, 6.07) is 5.86. The summed E-state index contributed by atoms with van der Waals surface area (Å²) in [6.07, 6.45) is 7.66. The van der Waals surface area contributed by atoms with Crippen LogP contribution >= 0.6 is 0 Å². The van der Waals surface area contributed by atoms with E-state index in [9.17, 15) is 0 Å². The van der Waals surface area contributed by atoms with Gasteiger partial charge in [-0.15, -0.1) is 0 Å². The van der Waals surface area contributed by atoms with Crippen molar-refractivity contribution in [1.82, 2.24) is 19.4 Å². The molecule has 0 atom stereocenters. The SMILES string of the molecule is CC(C)(C)c1cn2cc(-c3ccccn3)cnc2n1. The van der Waals surface area contributed by atoms with Crippen molar-refractivity contribution in [2.45, 2.75) is 26.2 Å². The van der Waals surface area contributed by atoms with Gasteiger partial charge in [0, 0.05) is 35.8 Å². The van der Waals surface area contributed by atoms with Crippen molar-refractivity contribution in [3.05, 3.63) is 48.7 Å². The van der Waals surface area contributed by atoms with Crippen LogP contribution in [0, 0.1) is 0 Å². The first-order valence-corrected chi connectivity index (χ1v) is 6.31. The van der Waals surface area contributed by atoms with Gasteiger partial charge in [0.25, 0.3) is 0 Å². The fraction of sp³-hybridized carbons (Fsp3) is 0.267. The molecule has 4 heteroatoms. The Bertz CT molecular complexity index is 708. The predicted octanol–water partition coefficient (Wildman–Crippen LogP) is 3.09. The lowest BCUT2D eigenvalue weighted by atomic mass is 9.93. The summed E-state index contributed by atoms with van der Waals surface area (Å²) >= 11 is 0. The molecule has 0 fully saturated rings. The van der Waals surface area contributed by atoms with Crippen LogP contribution in [0.1, 0.15) is 26.5 Å². The summed E-state index contributed by atoms with van der Waals surface area (Å²) < 4.78 is 1.96. The molecule has 0 aliphatic heterocycles. The molecular weight excluding hydrogens is 236 g/mol. The van der Waals surface area contributed by atoms with Crippen molar-refractivity contribution < 1.29 is 0 Å². The third-order valence-corrected chi connectivity index (χ3v) is 3.04. The maximum atomic E-state index is 4.55. The Labute approximate surface area is 112 Å². The maximum absolute atomic E-state index is 4.55. The highest BCUT2D eigenvalue weighted by molar-refractivity contribution is 5.57. The van der Waals surface area contributed by atoms with E-state index in [0.29, 0.717) is 0 Å². The van der Waals surface area contributed by atoms with Gasteiger partial charge in [-0.05, 0) is 12.1 Å². The van der Waals surface area contributed by atoms with Crippen LogP contribution in [0.2, 0.25) is 0 Å². The van der Waals surface area contributed by atoms with E-state index < -0.39 is 0 Å². The second-order valence-corrected chi connectivity index (χ2v) is 5.64. The lowest BCUT2D eigenvalue weighted by Crippen LogP contribution is -2.11. The number of pyridine rings is 1. The average molecular weight is 252 g/mol. The zero-order valence-electron chi connectivity index (χ0n) is 11.3. The summed E-state index contributed by atoms with van der Waals surface area (Å²) in [7, 11) is 0. The fourth-order valence-electron chi connectivity index (χ4n) is 1.91. The molecule has 0 saturated heterocycles. The normalized spacial score (nSPS) is 11.9. The number of fused-ring (bicyclic) bond motifs is 1. The molecule has 0 unspecified atom stereocenters. The smallest absolute Gasteiger partial charge is 0.233 e. The lowest BCUT2D eigenvalue weighted by molar-refractivity contribution is 0.573. The minimum absolute atomic E-state index is 0.0266. The Balaban J connectivity index is 2.11. The van der Waals surface area contributed by atoms with Gasteiger partial charge in [0.15, 0.2) is 0 Å². The van der Waals surface area contributed by atoms with Gasteiger partial charge in [-0.1, -0.05) is 26.8 Å². The quantitative estimate of drug-likeness (QED) is 0.668. The van der Waals surface area contributed by atoms with Crippen molar-refractivity contribution in [2.75, 3.05) is 0 Å². The molecule has 0 spiro atoms. The Morgan fingerprint density at radius 3 is 2.58 bits per heavy atom. The molecule has 19 heavy (non-hydrogen) atoms. The van der Waals surface area contributed by atoms with E-state index >= 15 is 0 Å². The first-order chi connectivity index (χ1) is 9.04. The van der Waals surface area contributed by atoms with Crippen LogP contribution in [0.15, 0.2) is 43.0 Å². The molecule has 0 aliphatic carbocycles. The third kappa shape index (κ3) is 2.21. The fourth-order valence-corrected chi connectivity index (χ4v) is 1.91. The van der Waals surface area contributed by atoms with E-state index in [2.05, 4.69) is 35.7 Å². The maximum Gasteiger partial charge on any atom is 0.233 e. The molecule has 96 valence electrons. The molecule has 0 N–H and O–H groups in total. The van der Waals surface area contributed by atoms with Crippen LogP contribution in [-0.4, -0.2) is 19.4 Å². The molecule has 3 aromatic rings. The molecular formula is C15H16N4. The van der Waals surface area contributed by atoms with Gasteiger partial charge in [0.05, 0.1) is 11.4 Å². The van der Waals surface area contributed by atoms with Gasteiger partial charge >= 0.3 is 0 Å². The number of hydrogen-bond acceptors (Lipinski definition) is 3. The van der Waals surface area contributed by atoms with Gasteiger partial charge in [0.2, 0.25) is 5.78 Å². The second-order valence-electron chi connectivity index (χ2n) is 5.64. The molecule has 3 heterocycles. The third-order valence-electron chi connectivity index (χ3n) is 3.04. The van der Waals surface area contributed by atoms with Gasteiger partial charge in [0.1, 0.15) is 0 Å². The predicted molar refractivity (Wildman–Crippen MR) is 74.9 cm³/mol. The van der Waals surface area contributed by atoms with Gasteiger partial charge in [-0.25, -0.2) is 9.97 Å². The molecule has 3 aromatic heterocycles. The summed E-state index contributed by atoms with van der Waals surface area (Å²) in [5.41, 5.74) is 2.98. The Morgan fingerprint density at radius 2 is 1.89 bits per heavy atom. The minimum atomic E-state index is 0.0266. The van der Waals surface area contributed by atoms with Crippen LogP contribution in [0.4, 0.5) is 0 Å². The Kier molecular flexibility index (Phi) is 2.59. The monoisotopic (exact) mass is 252 g/mol. The highest BCUT2D eigenvalue weighted by Crippen LogP contribution is 2.22. The summed E-state index contributed by atoms with van der Waals surface area (Å²) in [5, 5.41) is 0. The summed E-state index contributed by atoms with van der Waals surface area (Å²) in [6.45, 7) is 6.44. The van der Waals surface area contributed by atoms with Gasteiger partial charge in [-0.3, -0.25) is 9.38 Å². The molecule has 0 aliphatic rings. The number of aromatic nitrogens is 4.